The van der Waals surface area contributed by atoms with Gasteiger partial charge in [0.1, 0.15) is 11.5 Å². The molecule has 1 atom stereocenters. The van der Waals surface area contributed by atoms with Crippen LogP contribution in [0.15, 0.2) is 24.5 Å². The number of likely N-dealkylation sites (tertiary alicyclic amines) is 1. The number of nitrogens with zero attached hydrogens (tertiary/aromatic N) is 6. The van der Waals surface area contributed by atoms with Crippen molar-refractivity contribution < 1.29 is 48.0 Å². The molecule has 1 fully saturated rings. The van der Waals surface area contributed by atoms with Gasteiger partial charge in [-0.05, 0) is 32.4 Å². The van der Waals surface area contributed by atoms with Crippen LogP contribution in [0.4, 0.5) is 13.2 Å². The molecule has 3 aromatic heterocycles. The molecule has 1 unspecified atom stereocenters. The summed E-state index contributed by atoms with van der Waals surface area (Å²) in [5.41, 5.74) is -1.38. The van der Waals surface area contributed by atoms with Crippen LogP contribution in [0.2, 0.25) is 0 Å². The van der Waals surface area contributed by atoms with Crippen LogP contribution in [-0.4, -0.2) is 79.9 Å². The number of hydrogen-bond acceptors (Lipinski definition) is 9. The van der Waals surface area contributed by atoms with Crippen molar-refractivity contribution in [2.45, 2.75) is 70.3 Å². The number of aromatic nitrogens is 5. The lowest BCUT2D eigenvalue weighted by Gasteiger charge is -2.22. The van der Waals surface area contributed by atoms with E-state index in [0.29, 0.717) is 17.9 Å². The highest BCUT2D eigenvalue weighted by molar-refractivity contribution is 5.88. The monoisotopic (exact) mass is 582 g/mol. The Morgan fingerprint density at radius 2 is 1.66 bits per heavy atom. The molecule has 41 heavy (non-hydrogen) atoms. The molecule has 1 aliphatic heterocycles. The minimum Gasteiger partial charge on any atom is -0.481 e. The van der Waals surface area contributed by atoms with Gasteiger partial charge in [-0.25, -0.2) is 24.3 Å². The lowest BCUT2D eigenvalue weighted by molar-refractivity contribution is -0.170. The molecule has 0 bridgehead atoms. The largest absolute Gasteiger partial charge is 0.481 e. The Morgan fingerprint density at radius 3 is 2.17 bits per heavy atom. The minimum atomic E-state index is -4.48. The summed E-state index contributed by atoms with van der Waals surface area (Å²) in [7, 11) is 0. The molecular formula is C25H29F3N6O7. The zero-order valence-corrected chi connectivity index (χ0v) is 22.2. The van der Waals surface area contributed by atoms with Crippen LogP contribution in [0.25, 0.3) is 5.65 Å². The van der Waals surface area contributed by atoms with Gasteiger partial charge in [-0.1, -0.05) is 6.92 Å². The van der Waals surface area contributed by atoms with E-state index in [1.165, 1.54) is 0 Å². The fourth-order valence-electron chi connectivity index (χ4n) is 4.43. The molecule has 0 amide bonds. The molecule has 0 saturated carbocycles. The van der Waals surface area contributed by atoms with Crippen molar-refractivity contribution in [2.75, 3.05) is 6.54 Å². The first-order valence-electron chi connectivity index (χ1n) is 12.5. The van der Waals surface area contributed by atoms with Crippen molar-refractivity contribution in [3.05, 3.63) is 53.0 Å². The predicted octanol–water partition coefficient (Wildman–Crippen LogP) is 2.50. The highest BCUT2D eigenvalue weighted by atomic mass is 19.4. The number of rotatable bonds is 9. The van der Waals surface area contributed by atoms with Gasteiger partial charge in [0.15, 0.2) is 11.2 Å². The first-order valence-corrected chi connectivity index (χ1v) is 12.5. The topological polar surface area (TPSA) is 191 Å². The van der Waals surface area contributed by atoms with Crippen molar-refractivity contribution in [1.82, 2.24) is 29.5 Å². The number of carbonyl (C=O) groups is 3. The highest BCUT2D eigenvalue weighted by Crippen LogP contribution is 2.35. The normalized spacial score (nSPS) is 15.9. The third kappa shape index (κ3) is 7.94. The lowest BCUT2D eigenvalue weighted by Crippen LogP contribution is -2.42. The molecule has 3 aromatic rings. The number of halogens is 3. The summed E-state index contributed by atoms with van der Waals surface area (Å²) in [5.74, 6) is -4.22. The van der Waals surface area contributed by atoms with Crippen molar-refractivity contribution >= 4 is 23.6 Å². The van der Waals surface area contributed by atoms with Crippen molar-refractivity contribution in [3.8, 4) is 0 Å². The first kappa shape index (κ1) is 31.3. The zero-order chi connectivity index (χ0) is 30.5. The van der Waals surface area contributed by atoms with Gasteiger partial charge >= 0.3 is 24.1 Å². The summed E-state index contributed by atoms with van der Waals surface area (Å²) in [6, 6.07) is 2.65. The smallest absolute Gasteiger partial charge is 0.433 e. The van der Waals surface area contributed by atoms with Gasteiger partial charge in [0.25, 0.3) is 0 Å². The predicted molar refractivity (Wildman–Crippen MR) is 134 cm³/mol. The van der Waals surface area contributed by atoms with Crippen molar-refractivity contribution in [3.63, 3.8) is 0 Å². The van der Waals surface area contributed by atoms with Gasteiger partial charge in [0, 0.05) is 42.7 Å². The molecule has 1 saturated heterocycles. The van der Waals surface area contributed by atoms with E-state index in [-0.39, 0.29) is 11.7 Å². The van der Waals surface area contributed by atoms with E-state index < -0.39 is 48.2 Å². The standard InChI is InChI=1S/C19H21F3N6.C6H8O7/c1-3-17-23-9-13(10-24-17)11-27-6-4-5-15(27)14-8-18-25-12(2)7-16(19(20,21)22)28(18)26-14;7-3(8)1-6(13,5(11)12)2-4(9)10/h7-10,15H,3-6,11H2,1-2H3;13H,1-2H2,(H,7,8)(H,9,10)(H,11,12). The average molecular weight is 583 g/mol. The van der Waals surface area contributed by atoms with Crippen molar-refractivity contribution in [2.24, 2.45) is 0 Å². The Labute approximate surface area is 231 Å². The second-order valence-electron chi connectivity index (χ2n) is 9.59. The van der Waals surface area contributed by atoms with E-state index in [4.69, 9.17) is 20.4 Å². The molecule has 4 heterocycles. The summed E-state index contributed by atoms with van der Waals surface area (Å²) < 4.78 is 41.1. The second-order valence-corrected chi connectivity index (χ2v) is 9.59. The third-order valence-electron chi connectivity index (χ3n) is 6.32. The molecule has 222 valence electrons. The number of carboxylic acids is 3. The Balaban J connectivity index is 0.000000302. The molecule has 0 aliphatic carbocycles. The number of carboxylic acid groups (broad SMARTS) is 3. The summed E-state index contributed by atoms with van der Waals surface area (Å²) in [6.07, 6.45) is -0.549. The van der Waals surface area contributed by atoms with Crippen LogP contribution in [-0.2, 0) is 33.5 Å². The molecule has 4 rings (SSSR count). The maximum absolute atomic E-state index is 13.4. The molecule has 4 N–H and O–H groups in total. The Morgan fingerprint density at radius 1 is 1.05 bits per heavy atom. The van der Waals surface area contributed by atoms with Crippen LogP contribution in [0.3, 0.4) is 0 Å². The van der Waals surface area contributed by atoms with Gasteiger partial charge in [-0.15, -0.1) is 0 Å². The fraction of sp³-hybridized carbons (Fsp3) is 0.480. The maximum Gasteiger partial charge on any atom is 0.433 e. The molecule has 13 nitrogen and oxygen atoms in total. The van der Waals surface area contributed by atoms with Gasteiger partial charge in [-0.2, -0.15) is 18.3 Å². The second kappa shape index (κ2) is 12.6. The molecule has 0 aromatic carbocycles. The van der Waals surface area contributed by atoms with Gasteiger partial charge in [0.05, 0.1) is 24.6 Å². The van der Waals surface area contributed by atoms with Gasteiger partial charge in [0.2, 0.25) is 0 Å². The maximum atomic E-state index is 13.4. The Hall–Kier alpha value is -4.18. The first-order chi connectivity index (χ1) is 19.1. The quantitative estimate of drug-likeness (QED) is 0.289. The Bertz CT molecular complexity index is 1400. The van der Waals surface area contributed by atoms with Gasteiger partial charge in [-0.3, -0.25) is 14.5 Å². The van der Waals surface area contributed by atoms with E-state index in [0.717, 1.165) is 47.8 Å². The van der Waals surface area contributed by atoms with Crippen molar-refractivity contribution in [1.29, 1.82) is 0 Å². The fourth-order valence-corrected chi connectivity index (χ4v) is 4.43. The highest BCUT2D eigenvalue weighted by Gasteiger charge is 2.41. The zero-order valence-electron chi connectivity index (χ0n) is 22.2. The number of fused-ring (bicyclic) bond motifs is 1. The molecule has 1 aliphatic rings. The number of aliphatic hydroxyl groups is 1. The molecule has 0 radical (unpaired) electrons. The van der Waals surface area contributed by atoms with Crippen LogP contribution in [0.1, 0.15) is 67.1 Å². The van der Waals surface area contributed by atoms with E-state index in [1.54, 1.807) is 13.0 Å². The average Bonchev–Trinajstić information content (AvgIpc) is 3.49. The number of aryl methyl sites for hydroxylation is 2. The minimum absolute atomic E-state index is 0.0473. The van der Waals surface area contributed by atoms with Crippen LogP contribution < -0.4 is 0 Å². The van der Waals surface area contributed by atoms with E-state index >= 15 is 0 Å². The summed E-state index contributed by atoms with van der Waals surface area (Å²) in [6.45, 7) is 5.05. The molecular weight excluding hydrogens is 553 g/mol. The van der Waals surface area contributed by atoms with Crippen LogP contribution in [0, 0.1) is 6.92 Å². The number of alkyl halides is 3. The van der Waals surface area contributed by atoms with E-state index in [2.05, 4.69) is 25.0 Å². The van der Waals surface area contributed by atoms with Crippen LogP contribution >= 0.6 is 0 Å². The number of hydrogen-bond donors (Lipinski definition) is 4. The summed E-state index contributed by atoms with van der Waals surface area (Å²) in [5, 5.41) is 38.1. The SMILES string of the molecule is CCc1ncc(CN2CCCC2c2cc3nc(C)cc(C(F)(F)F)n3n2)cn1.O=C(O)CC(O)(CC(=O)O)C(=O)O. The van der Waals surface area contributed by atoms with E-state index in [9.17, 15) is 27.6 Å². The summed E-state index contributed by atoms with van der Waals surface area (Å²) >= 11 is 0. The van der Waals surface area contributed by atoms with Gasteiger partial charge < -0.3 is 20.4 Å². The third-order valence-corrected chi connectivity index (χ3v) is 6.32. The molecule has 16 heteroatoms. The Kier molecular flexibility index (Phi) is 9.60. The summed E-state index contributed by atoms with van der Waals surface area (Å²) in [4.78, 5) is 45.6. The van der Waals surface area contributed by atoms with Crippen LogP contribution in [0.5, 0.6) is 0 Å². The van der Waals surface area contributed by atoms with E-state index in [1.807, 2.05) is 19.3 Å². The molecule has 0 spiro atoms. The number of aliphatic carboxylic acids is 3. The lowest BCUT2D eigenvalue weighted by atomic mass is 9.96.